The van der Waals surface area contributed by atoms with Crippen molar-refractivity contribution >= 4 is 18.0 Å². The van der Waals surface area contributed by atoms with E-state index in [0.29, 0.717) is 0 Å². The second-order valence-electron chi connectivity index (χ2n) is 3.44. The zero-order valence-corrected chi connectivity index (χ0v) is 9.90. The highest BCUT2D eigenvalue weighted by Crippen LogP contribution is 2.17. The summed E-state index contributed by atoms with van der Waals surface area (Å²) < 4.78 is 9.42. The second kappa shape index (κ2) is 5.77. The molecule has 0 aromatic heterocycles. The average molecular weight is 239 g/mol. The summed E-state index contributed by atoms with van der Waals surface area (Å²) >= 11 is 0. The summed E-state index contributed by atoms with van der Waals surface area (Å²) in [6.45, 7) is 10.6. The summed E-state index contributed by atoms with van der Waals surface area (Å²) in [7, 11) is 0. The van der Waals surface area contributed by atoms with Crippen molar-refractivity contribution in [1.82, 2.24) is 0 Å². The highest BCUT2D eigenvalue weighted by molar-refractivity contribution is 5.89. The van der Waals surface area contributed by atoms with E-state index in [0.717, 1.165) is 13.0 Å². The maximum atomic E-state index is 11.3. The van der Waals surface area contributed by atoms with E-state index in [1.807, 2.05) is 0 Å². The Kier molecular flexibility index (Phi) is 5.02. The third-order valence-electron chi connectivity index (χ3n) is 1.51. The molecule has 0 saturated carbocycles. The van der Waals surface area contributed by atoms with E-state index < -0.39 is 17.8 Å². The second-order valence-corrected chi connectivity index (χ2v) is 3.44. The van der Waals surface area contributed by atoms with Crippen LogP contribution in [0.4, 0.5) is 0 Å². The van der Waals surface area contributed by atoms with E-state index in [4.69, 9.17) is 9.47 Å². The third kappa shape index (κ3) is 4.90. The van der Waals surface area contributed by atoms with Crippen molar-refractivity contribution in [2.75, 3.05) is 0 Å². The first-order valence-electron chi connectivity index (χ1n) is 4.58. The number of isocyanates is 1. The van der Waals surface area contributed by atoms with E-state index in [1.54, 1.807) is 0 Å². The normalized spacial score (nSPS) is 9.82. The monoisotopic (exact) mass is 239 g/mol. The first-order chi connectivity index (χ1) is 7.72. The van der Waals surface area contributed by atoms with Gasteiger partial charge in [-0.2, -0.15) is 0 Å². The molecule has 92 valence electrons. The molecule has 0 aliphatic rings. The molecule has 0 bridgehead atoms. The summed E-state index contributed by atoms with van der Waals surface area (Å²) in [6.07, 6.45) is 1.16. The number of carbonyl (C=O) groups excluding carboxylic acids is 3. The van der Waals surface area contributed by atoms with E-state index in [9.17, 15) is 14.4 Å². The van der Waals surface area contributed by atoms with Gasteiger partial charge in [0.25, 0.3) is 0 Å². The van der Waals surface area contributed by atoms with Crippen LogP contribution in [0.25, 0.3) is 0 Å². The predicted octanol–water partition coefficient (Wildman–Crippen LogP) is 1.23. The quantitative estimate of drug-likeness (QED) is 0.237. The summed E-state index contributed by atoms with van der Waals surface area (Å²) in [5, 5.41) is 0. The zero-order valence-electron chi connectivity index (χ0n) is 9.90. The van der Waals surface area contributed by atoms with Gasteiger partial charge in [0, 0.05) is 18.1 Å². The van der Waals surface area contributed by atoms with E-state index in [2.05, 4.69) is 18.2 Å². The predicted molar refractivity (Wildman–Crippen MR) is 58.3 cm³/mol. The fraction of sp³-hybridized carbons (Fsp3) is 0.364. The van der Waals surface area contributed by atoms with Crippen LogP contribution in [0.15, 0.2) is 29.3 Å². The van der Waals surface area contributed by atoms with Crippen LogP contribution in [-0.4, -0.2) is 23.9 Å². The molecule has 0 aromatic carbocycles. The first-order valence-corrected chi connectivity index (χ1v) is 4.58. The van der Waals surface area contributed by atoms with Gasteiger partial charge in [-0.15, -0.1) is 4.99 Å². The Morgan fingerprint density at radius 1 is 1.12 bits per heavy atom. The lowest BCUT2D eigenvalue weighted by Crippen LogP contribution is -2.35. The highest BCUT2D eigenvalue weighted by atomic mass is 16.7. The third-order valence-corrected chi connectivity index (χ3v) is 1.51. The molecule has 0 rings (SSSR count). The molecule has 17 heavy (non-hydrogen) atoms. The van der Waals surface area contributed by atoms with Crippen LogP contribution >= 0.6 is 0 Å². The average Bonchev–Trinajstić information content (AvgIpc) is 2.16. The topological polar surface area (TPSA) is 82.0 Å². The smallest absolute Gasteiger partial charge is 0.367 e. The molecular weight excluding hydrogens is 226 g/mol. The number of hydrogen-bond acceptors (Lipinski definition) is 6. The van der Waals surface area contributed by atoms with E-state index in [-0.39, 0.29) is 11.1 Å². The molecule has 0 unspecified atom stereocenters. The summed E-state index contributed by atoms with van der Waals surface area (Å²) in [5.74, 6) is -3.75. The van der Waals surface area contributed by atoms with Gasteiger partial charge in [0.05, 0.1) is 0 Å². The van der Waals surface area contributed by atoms with E-state index in [1.165, 1.54) is 13.8 Å². The Labute approximate surface area is 98.6 Å². The fourth-order valence-electron chi connectivity index (χ4n) is 0.668. The maximum Gasteiger partial charge on any atom is 0.367 e. The summed E-state index contributed by atoms with van der Waals surface area (Å²) in [5.41, 5.74) is 0.146. The summed E-state index contributed by atoms with van der Waals surface area (Å²) in [6, 6.07) is 0. The zero-order chi connectivity index (χ0) is 13.6. The maximum absolute atomic E-state index is 11.3. The van der Waals surface area contributed by atoms with Crippen LogP contribution in [0.1, 0.15) is 20.8 Å². The van der Waals surface area contributed by atoms with Crippen molar-refractivity contribution in [3.63, 3.8) is 0 Å². The van der Waals surface area contributed by atoms with Gasteiger partial charge < -0.3 is 9.47 Å². The number of carbonyl (C=O) groups is 2. The van der Waals surface area contributed by atoms with Crippen molar-refractivity contribution in [3.8, 4) is 0 Å². The number of esters is 2. The Morgan fingerprint density at radius 3 is 1.71 bits per heavy atom. The van der Waals surface area contributed by atoms with Crippen LogP contribution in [-0.2, 0) is 23.9 Å². The van der Waals surface area contributed by atoms with Gasteiger partial charge in [-0.25, -0.2) is 14.4 Å². The molecule has 0 aliphatic carbocycles. The molecular formula is C11H13NO5. The number of hydrogen-bond donors (Lipinski definition) is 0. The van der Waals surface area contributed by atoms with Crippen molar-refractivity contribution in [2.45, 2.75) is 26.7 Å². The Bertz CT molecular complexity index is 390. The van der Waals surface area contributed by atoms with Gasteiger partial charge in [0.2, 0.25) is 6.08 Å². The molecule has 0 heterocycles. The molecule has 6 heteroatoms. The number of aliphatic imine (C=N–C) groups is 1. The van der Waals surface area contributed by atoms with Gasteiger partial charge in [0.1, 0.15) is 0 Å². The molecule has 0 saturated heterocycles. The van der Waals surface area contributed by atoms with Crippen LogP contribution in [0.5, 0.6) is 0 Å². The van der Waals surface area contributed by atoms with Crippen molar-refractivity contribution in [1.29, 1.82) is 0 Å². The molecule has 0 aromatic rings. The lowest BCUT2D eigenvalue weighted by atomic mass is 10.3. The van der Waals surface area contributed by atoms with Gasteiger partial charge in [0.15, 0.2) is 0 Å². The Balaban J connectivity index is 4.98. The van der Waals surface area contributed by atoms with Crippen molar-refractivity contribution < 1.29 is 23.9 Å². The minimum absolute atomic E-state index is 0.0729. The number of rotatable bonds is 5. The van der Waals surface area contributed by atoms with Gasteiger partial charge in [-0.05, 0) is 13.8 Å². The van der Waals surface area contributed by atoms with Crippen LogP contribution < -0.4 is 0 Å². The van der Waals surface area contributed by atoms with Crippen LogP contribution in [0.3, 0.4) is 0 Å². The Hall–Kier alpha value is -2.20. The molecule has 0 fully saturated rings. The van der Waals surface area contributed by atoms with E-state index >= 15 is 0 Å². The number of ether oxygens (including phenoxy) is 2. The minimum atomic E-state index is -2.06. The molecule has 0 spiro atoms. The SMILES string of the molecule is C=C(C)C(=O)OC(C)(N=C=O)OC(=O)C(=C)C. The standard InChI is InChI=1S/C11H13NO5/c1-7(2)9(14)16-11(5,12-6-13)17-10(15)8(3)4/h1,3H2,2,4-5H3. The summed E-state index contributed by atoms with van der Waals surface area (Å²) in [4.78, 5) is 35.8. The molecule has 6 nitrogen and oxygen atoms in total. The van der Waals surface area contributed by atoms with Gasteiger partial charge in [-0.3, -0.25) is 0 Å². The number of nitrogens with zero attached hydrogens (tertiary/aromatic N) is 1. The van der Waals surface area contributed by atoms with Crippen LogP contribution in [0.2, 0.25) is 0 Å². The van der Waals surface area contributed by atoms with Crippen molar-refractivity contribution in [2.24, 2.45) is 4.99 Å². The fourth-order valence-corrected chi connectivity index (χ4v) is 0.668. The molecule has 0 N–H and O–H groups in total. The molecule has 0 aliphatic heterocycles. The minimum Gasteiger partial charge on any atom is -0.398 e. The van der Waals surface area contributed by atoms with Gasteiger partial charge in [-0.1, -0.05) is 13.2 Å². The lowest BCUT2D eigenvalue weighted by Gasteiger charge is -2.23. The molecule has 0 amide bonds. The molecule has 0 atom stereocenters. The highest BCUT2D eigenvalue weighted by Gasteiger charge is 2.33. The van der Waals surface area contributed by atoms with Crippen LogP contribution in [0, 0.1) is 0 Å². The van der Waals surface area contributed by atoms with Gasteiger partial charge >= 0.3 is 17.8 Å². The largest absolute Gasteiger partial charge is 0.398 e. The Morgan fingerprint density at radius 2 is 1.47 bits per heavy atom. The van der Waals surface area contributed by atoms with Crippen molar-refractivity contribution in [3.05, 3.63) is 24.3 Å². The first kappa shape index (κ1) is 14.8. The molecule has 0 radical (unpaired) electrons. The lowest BCUT2D eigenvalue weighted by molar-refractivity contribution is -0.213.